The topological polar surface area (TPSA) is 0 Å². The highest BCUT2D eigenvalue weighted by Crippen LogP contribution is 2.66. The average Bonchev–Trinajstić information content (AvgIpc) is 2.59. The maximum Gasteiger partial charge on any atom is 0.0695 e. The minimum absolute atomic E-state index is 0.295. The molecule has 0 radical (unpaired) electrons. The van der Waals surface area contributed by atoms with Crippen molar-refractivity contribution < 1.29 is 0 Å². The Bertz CT molecular complexity index is 183. The minimum Gasteiger partial charge on any atom is -0.122 e. The second-order valence-corrected chi connectivity index (χ2v) is 11.8. The molecule has 0 aromatic carbocycles. The van der Waals surface area contributed by atoms with E-state index in [0.717, 1.165) is 11.8 Å². The van der Waals surface area contributed by atoms with E-state index in [0.29, 0.717) is 4.50 Å². The average molecular weight is 203 g/mol. The summed E-state index contributed by atoms with van der Waals surface area (Å²) in [4.78, 5) is 0. The van der Waals surface area contributed by atoms with E-state index in [9.17, 15) is 0 Å². The van der Waals surface area contributed by atoms with Gasteiger partial charge in [-0.1, -0.05) is 32.5 Å². The van der Waals surface area contributed by atoms with Crippen molar-refractivity contribution in [1.29, 1.82) is 0 Å². The first-order valence-electron chi connectivity index (χ1n) is 5.17. The fraction of sp³-hybridized carbons (Fsp3) is 1.00. The van der Waals surface area contributed by atoms with E-state index >= 15 is 0 Å². The van der Waals surface area contributed by atoms with Gasteiger partial charge in [-0.2, -0.15) is 0 Å². The number of fused-ring (bicyclic) bond motifs is 1. The maximum absolute atomic E-state index is 6.75. The van der Waals surface area contributed by atoms with Crippen LogP contribution >= 0.6 is 11.6 Å². The molecule has 2 saturated carbocycles. The first-order chi connectivity index (χ1) is 5.48. The van der Waals surface area contributed by atoms with Gasteiger partial charge in [0, 0.05) is 4.50 Å². The Morgan fingerprint density at radius 1 is 1.08 bits per heavy atom. The van der Waals surface area contributed by atoms with Crippen LogP contribution in [0.25, 0.3) is 0 Å². The predicted molar refractivity (Wildman–Crippen MR) is 57.4 cm³/mol. The Labute approximate surface area is 81.7 Å². The molecule has 0 heterocycles. The number of hydrogen-bond donors (Lipinski definition) is 0. The fourth-order valence-electron chi connectivity index (χ4n) is 3.16. The molecule has 0 N–H and O–H groups in total. The molecular formula is C10H19ClSi. The third-order valence-electron chi connectivity index (χ3n) is 3.89. The smallest absolute Gasteiger partial charge is 0.0695 e. The highest BCUT2D eigenvalue weighted by atomic mass is 35.5. The van der Waals surface area contributed by atoms with Gasteiger partial charge in [0.25, 0.3) is 0 Å². The molecule has 0 saturated heterocycles. The van der Waals surface area contributed by atoms with Gasteiger partial charge in [0.05, 0.1) is 8.07 Å². The normalized spacial score (nSPS) is 47.0. The third kappa shape index (κ3) is 1.02. The van der Waals surface area contributed by atoms with Crippen LogP contribution in [0.15, 0.2) is 0 Å². The molecule has 0 amide bonds. The Balaban J connectivity index is 2.15. The summed E-state index contributed by atoms with van der Waals surface area (Å²) in [7, 11) is -1.11. The standard InChI is InChI=1S/C10H19ClSi/c1-12(2,3)10(11)8-6-4-5-7-9(8)10/h8-9H,4-7H2,1-3H3. The summed E-state index contributed by atoms with van der Waals surface area (Å²) in [5.74, 6) is 1.80. The van der Waals surface area contributed by atoms with Crippen LogP contribution in [0.5, 0.6) is 0 Å². The SMILES string of the molecule is C[Si](C)(C)C1(Cl)C2CCCCC21. The second-order valence-electron chi connectivity index (χ2n) is 5.52. The summed E-state index contributed by atoms with van der Waals surface area (Å²) < 4.78 is 0.295. The molecule has 0 aliphatic heterocycles. The monoisotopic (exact) mass is 202 g/mol. The van der Waals surface area contributed by atoms with Gasteiger partial charge in [0.15, 0.2) is 0 Å². The first-order valence-corrected chi connectivity index (χ1v) is 9.04. The van der Waals surface area contributed by atoms with Crippen LogP contribution in [0.2, 0.25) is 19.6 Å². The summed E-state index contributed by atoms with van der Waals surface area (Å²) in [6, 6.07) is 0. The van der Waals surface area contributed by atoms with E-state index in [1.54, 1.807) is 0 Å². The zero-order valence-electron chi connectivity index (χ0n) is 8.36. The predicted octanol–water partition coefficient (Wildman–Crippen LogP) is 3.66. The van der Waals surface area contributed by atoms with Crippen molar-refractivity contribution in [2.45, 2.75) is 49.8 Å². The van der Waals surface area contributed by atoms with Gasteiger partial charge in [-0.15, -0.1) is 11.6 Å². The van der Waals surface area contributed by atoms with Crippen LogP contribution in [0.3, 0.4) is 0 Å². The molecule has 0 spiro atoms. The Morgan fingerprint density at radius 2 is 1.50 bits per heavy atom. The molecule has 2 aliphatic carbocycles. The zero-order valence-corrected chi connectivity index (χ0v) is 10.1. The number of hydrogen-bond acceptors (Lipinski definition) is 0. The lowest BCUT2D eigenvalue weighted by Crippen LogP contribution is -2.38. The van der Waals surface area contributed by atoms with Crippen LogP contribution in [0.4, 0.5) is 0 Å². The molecule has 0 bridgehead atoms. The zero-order chi connectivity index (χ0) is 8.98. The number of alkyl halides is 1. The molecule has 0 aromatic heterocycles. The number of rotatable bonds is 1. The van der Waals surface area contributed by atoms with Crippen molar-refractivity contribution in [3.63, 3.8) is 0 Å². The van der Waals surface area contributed by atoms with E-state index in [2.05, 4.69) is 19.6 Å². The molecule has 2 fully saturated rings. The summed E-state index contributed by atoms with van der Waals surface area (Å²) >= 11 is 6.75. The van der Waals surface area contributed by atoms with Crippen molar-refractivity contribution in [2.75, 3.05) is 0 Å². The quantitative estimate of drug-likeness (QED) is 0.450. The van der Waals surface area contributed by atoms with Crippen LogP contribution in [0, 0.1) is 11.8 Å². The molecule has 70 valence electrons. The van der Waals surface area contributed by atoms with Crippen molar-refractivity contribution in [1.82, 2.24) is 0 Å². The fourth-order valence-corrected chi connectivity index (χ4v) is 6.45. The van der Waals surface area contributed by atoms with Gasteiger partial charge < -0.3 is 0 Å². The largest absolute Gasteiger partial charge is 0.122 e. The highest BCUT2D eigenvalue weighted by molar-refractivity contribution is 6.87. The van der Waals surface area contributed by atoms with Gasteiger partial charge in [-0.25, -0.2) is 0 Å². The molecule has 2 rings (SSSR count). The molecule has 2 unspecified atom stereocenters. The van der Waals surface area contributed by atoms with Crippen LogP contribution in [-0.4, -0.2) is 12.6 Å². The maximum atomic E-state index is 6.75. The molecule has 2 aliphatic rings. The van der Waals surface area contributed by atoms with Gasteiger partial charge in [-0.3, -0.25) is 0 Å². The second kappa shape index (κ2) is 2.51. The van der Waals surface area contributed by atoms with Crippen molar-refractivity contribution in [2.24, 2.45) is 11.8 Å². The summed E-state index contributed by atoms with van der Waals surface area (Å²) in [6.07, 6.45) is 5.69. The Kier molecular flexibility index (Phi) is 1.90. The summed E-state index contributed by atoms with van der Waals surface area (Å²) in [5, 5.41) is 0. The van der Waals surface area contributed by atoms with Crippen LogP contribution < -0.4 is 0 Å². The van der Waals surface area contributed by atoms with Gasteiger partial charge in [0.2, 0.25) is 0 Å². The lowest BCUT2D eigenvalue weighted by molar-refractivity contribution is 0.480. The van der Waals surface area contributed by atoms with E-state index in [1.165, 1.54) is 25.7 Å². The van der Waals surface area contributed by atoms with E-state index < -0.39 is 8.07 Å². The third-order valence-corrected chi connectivity index (χ3v) is 9.19. The van der Waals surface area contributed by atoms with Gasteiger partial charge in [0.1, 0.15) is 0 Å². The highest BCUT2D eigenvalue weighted by Gasteiger charge is 2.68. The molecular weight excluding hydrogens is 184 g/mol. The van der Waals surface area contributed by atoms with Crippen molar-refractivity contribution >= 4 is 19.7 Å². The molecule has 0 nitrogen and oxygen atoms in total. The van der Waals surface area contributed by atoms with E-state index in [4.69, 9.17) is 11.6 Å². The Morgan fingerprint density at radius 3 is 1.83 bits per heavy atom. The number of halogens is 1. The van der Waals surface area contributed by atoms with E-state index in [-0.39, 0.29) is 0 Å². The van der Waals surface area contributed by atoms with Gasteiger partial charge >= 0.3 is 0 Å². The Hall–Kier alpha value is 0.507. The molecule has 2 atom stereocenters. The first kappa shape index (κ1) is 9.08. The van der Waals surface area contributed by atoms with Crippen molar-refractivity contribution in [3.8, 4) is 0 Å². The van der Waals surface area contributed by atoms with E-state index in [1.807, 2.05) is 0 Å². The summed E-state index contributed by atoms with van der Waals surface area (Å²) in [6.45, 7) is 7.29. The van der Waals surface area contributed by atoms with Crippen LogP contribution in [-0.2, 0) is 0 Å². The van der Waals surface area contributed by atoms with Crippen LogP contribution in [0.1, 0.15) is 25.7 Å². The van der Waals surface area contributed by atoms with Crippen molar-refractivity contribution in [3.05, 3.63) is 0 Å². The molecule has 2 heteroatoms. The van der Waals surface area contributed by atoms with Gasteiger partial charge in [-0.05, 0) is 24.7 Å². The lowest BCUT2D eigenvalue weighted by atomic mass is 10.0. The lowest BCUT2D eigenvalue weighted by Gasteiger charge is -2.24. The summed E-state index contributed by atoms with van der Waals surface area (Å²) in [5.41, 5.74) is 0. The molecule has 12 heavy (non-hydrogen) atoms. The molecule has 0 aromatic rings. The minimum atomic E-state index is -1.11.